The summed E-state index contributed by atoms with van der Waals surface area (Å²) >= 11 is 1.65. The molecular weight excluding hydrogens is 218 g/mol. The van der Waals surface area contributed by atoms with Crippen LogP contribution in [0, 0.1) is 6.92 Å². The highest BCUT2D eigenvalue weighted by molar-refractivity contribution is 7.84. The Hall–Kier alpha value is -0.260. The van der Waals surface area contributed by atoms with E-state index in [9.17, 15) is 4.21 Å². The molecule has 0 amide bonds. The van der Waals surface area contributed by atoms with Gasteiger partial charge in [-0.1, -0.05) is 0 Å². The first-order chi connectivity index (χ1) is 6.72. The monoisotopic (exact) mass is 233 g/mol. The van der Waals surface area contributed by atoms with Gasteiger partial charge >= 0.3 is 0 Å². The summed E-state index contributed by atoms with van der Waals surface area (Å²) < 4.78 is 11.2. The van der Waals surface area contributed by atoms with Crippen LogP contribution in [-0.4, -0.2) is 32.4 Å². The van der Waals surface area contributed by atoms with E-state index in [2.05, 4.69) is 4.98 Å². The molecule has 0 spiro atoms. The van der Waals surface area contributed by atoms with Crippen LogP contribution in [0.4, 0.5) is 0 Å². The maximum atomic E-state index is 11.2. The molecule has 5 heteroatoms. The van der Waals surface area contributed by atoms with Crippen LogP contribution >= 0.6 is 11.3 Å². The van der Waals surface area contributed by atoms with Crippen molar-refractivity contribution in [3.05, 3.63) is 16.1 Å². The topological polar surface area (TPSA) is 50.2 Å². The highest BCUT2D eigenvalue weighted by Crippen LogP contribution is 2.09. The standard InChI is InChI=1S/C9H15NO2S2/c1-8-10-9(7-13-8)3-2-5-14(12)6-4-11/h7,11H,2-6H2,1H3. The van der Waals surface area contributed by atoms with Gasteiger partial charge in [-0.05, 0) is 19.8 Å². The van der Waals surface area contributed by atoms with Crippen molar-refractivity contribution in [1.29, 1.82) is 0 Å². The smallest absolute Gasteiger partial charge is 0.0897 e. The second-order valence-corrected chi connectivity index (χ2v) is 5.79. The van der Waals surface area contributed by atoms with Gasteiger partial charge in [0.1, 0.15) is 0 Å². The number of aliphatic hydroxyl groups is 1. The molecule has 3 nitrogen and oxygen atoms in total. The van der Waals surface area contributed by atoms with Gasteiger partial charge < -0.3 is 5.11 Å². The van der Waals surface area contributed by atoms with E-state index in [0.717, 1.165) is 23.5 Å². The molecule has 0 radical (unpaired) electrons. The lowest BCUT2D eigenvalue weighted by atomic mass is 10.3. The first-order valence-electron chi connectivity index (χ1n) is 4.59. The fourth-order valence-corrected chi connectivity index (χ4v) is 2.66. The fourth-order valence-electron chi connectivity index (χ4n) is 1.14. The molecule has 1 atom stereocenters. The maximum absolute atomic E-state index is 11.2. The molecule has 0 saturated heterocycles. The predicted molar refractivity (Wildman–Crippen MR) is 60.1 cm³/mol. The number of thiazole rings is 1. The summed E-state index contributed by atoms with van der Waals surface area (Å²) in [6, 6.07) is 0. The summed E-state index contributed by atoms with van der Waals surface area (Å²) in [5.41, 5.74) is 1.09. The molecule has 0 aromatic carbocycles. The minimum atomic E-state index is -0.861. The Morgan fingerprint density at radius 2 is 2.36 bits per heavy atom. The molecule has 0 saturated carbocycles. The van der Waals surface area contributed by atoms with E-state index in [1.807, 2.05) is 12.3 Å². The van der Waals surface area contributed by atoms with Crippen LogP contribution in [0.1, 0.15) is 17.1 Å². The fraction of sp³-hybridized carbons (Fsp3) is 0.667. The molecule has 0 bridgehead atoms. The van der Waals surface area contributed by atoms with E-state index in [1.165, 1.54) is 0 Å². The molecule has 0 aliphatic rings. The maximum Gasteiger partial charge on any atom is 0.0897 e. The molecule has 0 aliphatic heterocycles. The van der Waals surface area contributed by atoms with Gasteiger partial charge in [0, 0.05) is 27.7 Å². The van der Waals surface area contributed by atoms with Crippen LogP contribution in [0.15, 0.2) is 5.38 Å². The van der Waals surface area contributed by atoms with Gasteiger partial charge in [0.25, 0.3) is 0 Å². The van der Waals surface area contributed by atoms with E-state index in [1.54, 1.807) is 11.3 Å². The molecule has 80 valence electrons. The Bertz CT molecular complexity index is 299. The van der Waals surface area contributed by atoms with Gasteiger partial charge in [0.05, 0.1) is 17.3 Å². The molecule has 1 N–H and O–H groups in total. The van der Waals surface area contributed by atoms with E-state index < -0.39 is 10.8 Å². The summed E-state index contributed by atoms with van der Waals surface area (Å²) in [6.45, 7) is 2.00. The first-order valence-corrected chi connectivity index (χ1v) is 6.96. The molecule has 1 rings (SSSR count). The molecule has 1 aromatic heterocycles. The second-order valence-electron chi connectivity index (χ2n) is 3.03. The number of aryl methyl sites for hydroxylation is 2. The van der Waals surface area contributed by atoms with E-state index >= 15 is 0 Å². The number of aromatic nitrogens is 1. The summed E-state index contributed by atoms with van der Waals surface area (Å²) in [7, 11) is -0.861. The van der Waals surface area contributed by atoms with Gasteiger partial charge in [-0.2, -0.15) is 0 Å². The van der Waals surface area contributed by atoms with Crippen LogP contribution < -0.4 is 0 Å². The lowest BCUT2D eigenvalue weighted by Crippen LogP contribution is -2.06. The second kappa shape index (κ2) is 6.27. The summed E-state index contributed by atoms with van der Waals surface area (Å²) in [5.74, 6) is 1.06. The zero-order valence-corrected chi connectivity index (χ0v) is 9.87. The average Bonchev–Trinajstić information content (AvgIpc) is 2.52. The van der Waals surface area contributed by atoms with Gasteiger partial charge in [-0.15, -0.1) is 11.3 Å². The number of rotatable bonds is 6. The van der Waals surface area contributed by atoms with Crippen molar-refractivity contribution < 1.29 is 9.32 Å². The quantitative estimate of drug-likeness (QED) is 0.801. The molecular formula is C9H15NO2S2. The van der Waals surface area contributed by atoms with Crippen molar-refractivity contribution in [3.8, 4) is 0 Å². The van der Waals surface area contributed by atoms with Gasteiger partial charge in [-0.25, -0.2) is 4.98 Å². The molecule has 0 aliphatic carbocycles. The van der Waals surface area contributed by atoms with Crippen LogP contribution in [0.5, 0.6) is 0 Å². The zero-order valence-electron chi connectivity index (χ0n) is 8.23. The van der Waals surface area contributed by atoms with Crippen LogP contribution in [0.25, 0.3) is 0 Å². The predicted octanol–water partition coefficient (Wildman–Crippen LogP) is 1.13. The molecule has 1 heterocycles. The third-order valence-electron chi connectivity index (χ3n) is 1.79. The Morgan fingerprint density at radius 1 is 1.57 bits per heavy atom. The zero-order chi connectivity index (χ0) is 10.4. The minimum absolute atomic E-state index is 0.0163. The Labute approximate surface area is 90.6 Å². The van der Waals surface area contributed by atoms with Crippen LogP contribution in [0.3, 0.4) is 0 Å². The van der Waals surface area contributed by atoms with Crippen molar-refractivity contribution in [3.63, 3.8) is 0 Å². The van der Waals surface area contributed by atoms with Crippen LogP contribution in [0.2, 0.25) is 0 Å². The lowest BCUT2D eigenvalue weighted by Gasteiger charge is -1.98. The Kier molecular flexibility index (Phi) is 5.29. The highest BCUT2D eigenvalue weighted by Gasteiger charge is 2.01. The SMILES string of the molecule is Cc1nc(CCCS(=O)CCO)cs1. The van der Waals surface area contributed by atoms with Crippen molar-refractivity contribution in [2.45, 2.75) is 19.8 Å². The van der Waals surface area contributed by atoms with Crippen LogP contribution in [-0.2, 0) is 17.2 Å². The van der Waals surface area contributed by atoms with Gasteiger partial charge in [0.2, 0.25) is 0 Å². The Morgan fingerprint density at radius 3 is 2.93 bits per heavy atom. The minimum Gasteiger partial charge on any atom is -0.395 e. The molecule has 0 fully saturated rings. The van der Waals surface area contributed by atoms with E-state index in [-0.39, 0.29) is 6.61 Å². The van der Waals surface area contributed by atoms with Crippen molar-refractivity contribution in [2.24, 2.45) is 0 Å². The molecule has 1 aromatic rings. The molecule has 14 heavy (non-hydrogen) atoms. The van der Waals surface area contributed by atoms with Gasteiger partial charge in [-0.3, -0.25) is 4.21 Å². The summed E-state index contributed by atoms with van der Waals surface area (Å²) in [4.78, 5) is 4.32. The lowest BCUT2D eigenvalue weighted by molar-refractivity contribution is 0.321. The first kappa shape index (κ1) is 11.8. The number of aliphatic hydroxyl groups excluding tert-OH is 1. The van der Waals surface area contributed by atoms with Crippen molar-refractivity contribution >= 4 is 22.1 Å². The van der Waals surface area contributed by atoms with Crippen molar-refractivity contribution in [2.75, 3.05) is 18.1 Å². The van der Waals surface area contributed by atoms with Gasteiger partial charge in [0.15, 0.2) is 0 Å². The number of nitrogens with zero attached hydrogens (tertiary/aromatic N) is 1. The molecule has 1 unspecified atom stereocenters. The highest BCUT2D eigenvalue weighted by atomic mass is 32.2. The average molecular weight is 233 g/mol. The van der Waals surface area contributed by atoms with E-state index in [4.69, 9.17) is 5.11 Å². The normalized spacial score (nSPS) is 13.0. The largest absolute Gasteiger partial charge is 0.395 e. The summed E-state index contributed by atoms with van der Waals surface area (Å²) in [6.07, 6.45) is 1.78. The number of hydrogen-bond donors (Lipinski definition) is 1. The van der Waals surface area contributed by atoms with E-state index in [0.29, 0.717) is 11.5 Å². The third-order valence-corrected chi connectivity index (χ3v) is 3.99. The van der Waals surface area contributed by atoms with Crippen molar-refractivity contribution in [1.82, 2.24) is 4.98 Å². The number of hydrogen-bond acceptors (Lipinski definition) is 4. The Balaban J connectivity index is 2.18. The third kappa shape index (κ3) is 4.30. The summed E-state index contributed by atoms with van der Waals surface area (Å²) in [5, 5.41) is 11.7.